The van der Waals surface area contributed by atoms with Crippen LogP contribution >= 0.6 is 0 Å². The number of carbonyl (C=O) groups is 2. The van der Waals surface area contributed by atoms with Crippen molar-refractivity contribution >= 4 is 28.7 Å². The molecule has 2 aromatic rings. The Hall–Kier alpha value is -4.33. The van der Waals surface area contributed by atoms with E-state index in [0.717, 1.165) is 70.6 Å². The lowest BCUT2D eigenvalue weighted by atomic mass is 9.90. The summed E-state index contributed by atoms with van der Waals surface area (Å²) in [6, 6.07) is 20.1. The molecule has 0 fully saturated rings. The van der Waals surface area contributed by atoms with Crippen LogP contribution in [0.25, 0.3) is 33.4 Å². The summed E-state index contributed by atoms with van der Waals surface area (Å²) in [7, 11) is 0. The van der Waals surface area contributed by atoms with Crippen molar-refractivity contribution in [2.75, 3.05) is 44.2 Å². The molecule has 0 aromatic heterocycles. The second-order valence-corrected chi connectivity index (χ2v) is 11.6. The highest BCUT2D eigenvalue weighted by Gasteiger charge is 2.23. The summed E-state index contributed by atoms with van der Waals surface area (Å²) in [5.41, 5.74) is 4.38. The van der Waals surface area contributed by atoms with Gasteiger partial charge in [0, 0.05) is 54.0 Å². The summed E-state index contributed by atoms with van der Waals surface area (Å²) in [5, 5.41) is 4.71. The van der Waals surface area contributed by atoms with Gasteiger partial charge in [0.1, 0.15) is 30.0 Å². The van der Waals surface area contributed by atoms with Gasteiger partial charge in [0.25, 0.3) is 0 Å². The first-order chi connectivity index (χ1) is 21.1. The fourth-order valence-corrected chi connectivity index (χ4v) is 5.43. The van der Waals surface area contributed by atoms with Crippen LogP contribution in [-0.2, 0) is 9.47 Å². The molecule has 1 amide bonds. The Bertz CT molecular complexity index is 1640. The highest BCUT2D eigenvalue weighted by atomic mass is 16.6. The van der Waals surface area contributed by atoms with E-state index >= 15 is 0 Å². The first kappa shape index (κ1) is 32.6. The summed E-state index contributed by atoms with van der Waals surface area (Å²) >= 11 is 0. The van der Waals surface area contributed by atoms with Crippen LogP contribution in [0.1, 0.15) is 65.2 Å². The van der Waals surface area contributed by atoms with Crippen molar-refractivity contribution in [3.05, 3.63) is 71.6 Å². The van der Waals surface area contributed by atoms with Crippen LogP contribution in [0.4, 0.5) is 10.5 Å². The van der Waals surface area contributed by atoms with Crippen LogP contribution in [0, 0.1) is 0 Å². The van der Waals surface area contributed by atoms with E-state index in [9.17, 15) is 9.59 Å². The van der Waals surface area contributed by atoms with Crippen molar-refractivity contribution in [1.82, 2.24) is 9.89 Å². The molecule has 0 bridgehead atoms. The van der Waals surface area contributed by atoms with E-state index in [2.05, 4.69) is 78.9 Å². The molecule has 0 spiro atoms. The molecule has 0 unspecified atom stereocenters. The molecule has 8 heteroatoms. The molecule has 2 aliphatic rings. The lowest BCUT2D eigenvalue weighted by Crippen LogP contribution is -2.33. The van der Waals surface area contributed by atoms with E-state index in [1.54, 1.807) is 6.07 Å². The lowest BCUT2D eigenvalue weighted by Gasteiger charge is -2.22. The third kappa shape index (κ3) is 7.59. The summed E-state index contributed by atoms with van der Waals surface area (Å²) in [5.74, 6) is 0.337. The molecule has 234 valence electrons. The number of esters is 1. The van der Waals surface area contributed by atoms with Crippen LogP contribution in [0.2, 0.25) is 0 Å². The first-order valence-electron chi connectivity index (χ1n) is 15.7. The Morgan fingerprint density at radius 3 is 2.32 bits per heavy atom. The zero-order chi connectivity index (χ0) is 31.9. The molecular weight excluding hydrogens is 554 g/mol. The third-order valence-corrected chi connectivity index (χ3v) is 7.58. The SMILES string of the molecule is CCN(CC)c1ccc2c(-c3ccccc3C(=O)OCCCNC(=O)OC(C)(C)C)c3ccc(=[N+](CC)CC)cc-3oc2c1. The lowest BCUT2D eigenvalue weighted by molar-refractivity contribution is 0.0484. The molecule has 8 nitrogen and oxygen atoms in total. The molecule has 4 rings (SSSR count). The van der Waals surface area contributed by atoms with Gasteiger partial charge in [0.05, 0.1) is 18.2 Å². The second-order valence-electron chi connectivity index (χ2n) is 11.6. The number of hydrogen-bond acceptors (Lipinski definition) is 6. The monoisotopic (exact) mass is 600 g/mol. The topological polar surface area (TPSA) is 84.0 Å². The average molecular weight is 601 g/mol. The van der Waals surface area contributed by atoms with E-state index in [-0.39, 0.29) is 6.61 Å². The Labute approximate surface area is 260 Å². The molecule has 1 heterocycles. The van der Waals surface area contributed by atoms with Crippen molar-refractivity contribution in [2.24, 2.45) is 0 Å². The van der Waals surface area contributed by atoms with Gasteiger partial charge in [-0.15, -0.1) is 0 Å². The number of anilines is 1. The van der Waals surface area contributed by atoms with Gasteiger partial charge in [-0.25, -0.2) is 14.2 Å². The number of amides is 1. The van der Waals surface area contributed by atoms with Gasteiger partial charge in [-0.2, -0.15) is 0 Å². The van der Waals surface area contributed by atoms with Crippen molar-refractivity contribution < 1.29 is 23.5 Å². The Morgan fingerprint density at radius 1 is 0.909 bits per heavy atom. The molecule has 44 heavy (non-hydrogen) atoms. The molecule has 0 atom stereocenters. The van der Waals surface area contributed by atoms with E-state index in [4.69, 9.17) is 13.9 Å². The minimum absolute atomic E-state index is 0.162. The minimum Gasteiger partial charge on any atom is -0.462 e. The molecule has 0 saturated carbocycles. The number of benzene rings is 3. The van der Waals surface area contributed by atoms with Gasteiger partial charge < -0.3 is 24.1 Å². The van der Waals surface area contributed by atoms with Crippen LogP contribution in [0.5, 0.6) is 0 Å². The van der Waals surface area contributed by atoms with Crippen molar-refractivity contribution in [3.63, 3.8) is 0 Å². The van der Waals surface area contributed by atoms with Crippen LogP contribution in [0.3, 0.4) is 0 Å². The molecule has 2 aromatic carbocycles. The van der Waals surface area contributed by atoms with Crippen LogP contribution in [0.15, 0.2) is 65.1 Å². The minimum atomic E-state index is -0.570. The first-order valence-corrected chi connectivity index (χ1v) is 15.7. The van der Waals surface area contributed by atoms with E-state index in [1.807, 2.05) is 39.0 Å². The van der Waals surface area contributed by atoms with Crippen molar-refractivity contribution in [2.45, 2.75) is 60.5 Å². The van der Waals surface area contributed by atoms with Crippen LogP contribution < -0.4 is 20.1 Å². The average Bonchev–Trinajstić information content (AvgIpc) is 3.00. The Kier molecular flexibility index (Phi) is 10.7. The Balaban J connectivity index is 1.74. The second kappa shape index (κ2) is 14.4. The zero-order valence-electron chi connectivity index (χ0n) is 27.2. The van der Waals surface area contributed by atoms with Crippen LogP contribution in [-0.4, -0.2) is 57.0 Å². The zero-order valence-corrected chi connectivity index (χ0v) is 27.2. The smallest absolute Gasteiger partial charge is 0.407 e. The van der Waals surface area contributed by atoms with E-state index < -0.39 is 17.7 Å². The molecule has 1 aliphatic carbocycles. The number of hydrogen-bond donors (Lipinski definition) is 1. The van der Waals surface area contributed by atoms with Gasteiger partial charge in [-0.1, -0.05) is 18.2 Å². The maximum atomic E-state index is 13.5. The number of ether oxygens (including phenoxy) is 2. The van der Waals surface area contributed by atoms with Gasteiger partial charge >= 0.3 is 12.1 Å². The fourth-order valence-electron chi connectivity index (χ4n) is 5.43. The predicted octanol–water partition coefficient (Wildman–Crippen LogP) is 6.93. The normalized spacial score (nSPS) is 11.4. The van der Waals surface area contributed by atoms with E-state index in [1.165, 1.54) is 0 Å². The van der Waals surface area contributed by atoms with Gasteiger partial charge in [0.15, 0.2) is 0 Å². The summed E-state index contributed by atoms with van der Waals surface area (Å²) in [6.45, 7) is 18.0. The summed E-state index contributed by atoms with van der Waals surface area (Å²) in [6.07, 6.45) is -0.0263. The maximum Gasteiger partial charge on any atom is 0.407 e. The maximum absolute atomic E-state index is 13.5. The molecule has 1 aliphatic heterocycles. The van der Waals surface area contributed by atoms with Gasteiger partial charge in [0.2, 0.25) is 5.36 Å². The largest absolute Gasteiger partial charge is 0.462 e. The highest BCUT2D eigenvalue weighted by Crippen LogP contribution is 2.42. The number of carbonyl (C=O) groups excluding carboxylic acids is 2. The molecule has 1 N–H and O–H groups in total. The van der Waals surface area contributed by atoms with E-state index in [0.29, 0.717) is 18.5 Å². The standard InChI is InChI=1S/C36H45N3O5/c1-8-38(9-2)25-17-19-29-31(23-25)43-32-24-26(39(10-3)11-4)18-20-30(32)33(29)27-15-12-13-16-28(27)34(40)42-22-14-21-37-35(41)44-36(5,6)7/h12-13,15-20,23-24H,8-11,14,21-22H2,1-7H3/p+1. The Morgan fingerprint density at radius 2 is 1.64 bits per heavy atom. The number of alkyl carbamates (subject to hydrolysis) is 1. The predicted molar refractivity (Wildman–Crippen MR) is 177 cm³/mol. The molecule has 0 radical (unpaired) electrons. The third-order valence-electron chi connectivity index (χ3n) is 7.58. The summed E-state index contributed by atoms with van der Waals surface area (Å²) in [4.78, 5) is 27.7. The molecular formula is C36H46N3O5+. The molecule has 0 saturated heterocycles. The van der Waals surface area contributed by atoms with Crippen molar-refractivity contribution in [1.29, 1.82) is 0 Å². The highest BCUT2D eigenvalue weighted by molar-refractivity contribution is 6.08. The number of nitrogens with one attached hydrogen (secondary N) is 1. The fraction of sp³-hybridized carbons (Fsp3) is 0.417. The number of rotatable bonds is 11. The summed E-state index contributed by atoms with van der Waals surface area (Å²) < 4.78 is 19.8. The van der Waals surface area contributed by atoms with Gasteiger partial charge in [-0.05, 0) is 84.7 Å². The van der Waals surface area contributed by atoms with Gasteiger partial charge in [-0.3, -0.25) is 0 Å². The quantitative estimate of drug-likeness (QED) is 0.0870. The van der Waals surface area contributed by atoms with Crippen molar-refractivity contribution in [3.8, 4) is 22.5 Å². The number of nitrogens with zero attached hydrogens (tertiary/aromatic N) is 2. The number of fused-ring (bicyclic) bond motifs is 2.